The van der Waals surface area contributed by atoms with E-state index in [4.69, 9.17) is 27.9 Å². The number of rotatable bonds is 3. The van der Waals surface area contributed by atoms with Crippen LogP contribution in [0.25, 0.3) is 0 Å². The number of nitrogens with zero attached hydrogens (tertiary/aromatic N) is 2. The van der Waals surface area contributed by atoms with Crippen molar-refractivity contribution < 1.29 is 4.74 Å². The minimum Gasteiger partial charge on any atom is -0.379 e. The van der Waals surface area contributed by atoms with E-state index in [1.807, 2.05) is 0 Å². The average Bonchev–Trinajstić information content (AvgIpc) is 2.71. The van der Waals surface area contributed by atoms with Gasteiger partial charge in [-0.15, -0.1) is 11.6 Å². The molecule has 15 heavy (non-hydrogen) atoms. The molecule has 1 N–H and O–H groups in total. The number of hydrogen-bond donors (Lipinski definition) is 1. The fraction of sp³-hybridized carbons (Fsp3) is 0.556. The quantitative estimate of drug-likeness (QED) is 0.830. The largest absolute Gasteiger partial charge is 0.379 e. The summed E-state index contributed by atoms with van der Waals surface area (Å²) in [6.45, 7) is 1.29. The van der Waals surface area contributed by atoms with Crippen LogP contribution in [0.15, 0.2) is 12.5 Å². The number of halogens is 2. The molecule has 0 amide bonds. The highest BCUT2D eigenvalue weighted by Crippen LogP contribution is 2.27. The van der Waals surface area contributed by atoms with Gasteiger partial charge in [0.15, 0.2) is 0 Å². The van der Waals surface area contributed by atoms with Gasteiger partial charge in [0.1, 0.15) is 17.2 Å². The molecule has 1 aliphatic rings. The summed E-state index contributed by atoms with van der Waals surface area (Å²) in [5.41, 5.74) is -0.250. The summed E-state index contributed by atoms with van der Waals surface area (Å²) in [6.07, 6.45) is 3.86. The smallest absolute Gasteiger partial charge is 0.148 e. The summed E-state index contributed by atoms with van der Waals surface area (Å²) >= 11 is 11.9. The Kier molecular flexibility index (Phi) is 3.29. The van der Waals surface area contributed by atoms with Crippen LogP contribution >= 0.6 is 23.2 Å². The lowest BCUT2D eigenvalue weighted by atomic mass is 10.0. The minimum absolute atomic E-state index is 0.250. The van der Waals surface area contributed by atoms with Gasteiger partial charge in [-0.2, -0.15) is 0 Å². The van der Waals surface area contributed by atoms with Gasteiger partial charge in [0.25, 0.3) is 0 Å². The number of ether oxygens (including phenoxy) is 1. The Morgan fingerprint density at radius 3 is 3.07 bits per heavy atom. The van der Waals surface area contributed by atoms with Crippen molar-refractivity contribution in [3.63, 3.8) is 0 Å². The highest BCUT2D eigenvalue weighted by molar-refractivity contribution is 6.32. The molecular weight excluding hydrogens is 237 g/mol. The number of hydrogen-bond acceptors (Lipinski definition) is 4. The van der Waals surface area contributed by atoms with Gasteiger partial charge in [-0.3, -0.25) is 0 Å². The molecule has 6 heteroatoms. The van der Waals surface area contributed by atoms with E-state index in [0.29, 0.717) is 29.9 Å². The molecule has 2 heterocycles. The van der Waals surface area contributed by atoms with Gasteiger partial charge in [-0.25, -0.2) is 9.97 Å². The molecule has 1 aromatic rings. The third kappa shape index (κ3) is 2.33. The van der Waals surface area contributed by atoms with E-state index in [9.17, 15) is 0 Å². The molecule has 1 aromatic heterocycles. The van der Waals surface area contributed by atoms with Crippen LogP contribution in [-0.2, 0) is 4.74 Å². The van der Waals surface area contributed by atoms with E-state index in [2.05, 4.69) is 15.3 Å². The van der Waals surface area contributed by atoms with Crippen molar-refractivity contribution in [2.75, 3.05) is 24.4 Å². The van der Waals surface area contributed by atoms with Crippen molar-refractivity contribution in [2.45, 2.75) is 12.0 Å². The van der Waals surface area contributed by atoms with Crippen LogP contribution < -0.4 is 5.32 Å². The van der Waals surface area contributed by atoms with Crippen molar-refractivity contribution in [1.82, 2.24) is 9.97 Å². The minimum atomic E-state index is -0.250. The lowest BCUT2D eigenvalue weighted by Crippen LogP contribution is -2.41. The standard InChI is InChI=1S/C9H11Cl2N3O/c10-4-9(1-2-15-5-9)14-8-7(11)3-12-6-13-8/h3,6H,1-2,4-5H2,(H,12,13,14). The zero-order chi connectivity index (χ0) is 10.7. The van der Waals surface area contributed by atoms with Gasteiger partial charge in [0.05, 0.1) is 18.3 Å². The molecule has 0 spiro atoms. The molecule has 0 radical (unpaired) electrons. The van der Waals surface area contributed by atoms with Gasteiger partial charge in [-0.05, 0) is 6.42 Å². The summed E-state index contributed by atoms with van der Waals surface area (Å²) in [7, 11) is 0. The second-order valence-corrected chi connectivity index (χ2v) is 4.24. The molecule has 2 rings (SSSR count). The van der Waals surface area contributed by atoms with Crippen molar-refractivity contribution in [3.05, 3.63) is 17.5 Å². The van der Waals surface area contributed by atoms with Crippen molar-refractivity contribution >= 4 is 29.0 Å². The first-order valence-corrected chi connectivity index (χ1v) is 5.54. The van der Waals surface area contributed by atoms with Gasteiger partial charge < -0.3 is 10.1 Å². The number of nitrogens with one attached hydrogen (secondary N) is 1. The second-order valence-electron chi connectivity index (χ2n) is 3.56. The van der Waals surface area contributed by atoms with Gasteiger partial charge in [-0.1, -0.05) is 11.6 Å². The highest BCUT2D eigenvalue weighted by Gasteiger charge is 2.34. The summed E-state index contributed by atoms with van der Waals surface area (Å²) in [5, 5.41) is 3.73. The molecule has 0 saturated carbocycles. The molecule has 82 valence electrons. The molecule has 1 fully saturated rings. The Morgan fingerprint density at radius 1 is 1.60 bits per heavy atom. The van der Waals surface area contributed by atoms with Crippen LogP contribution in [0, 0.1) is 0 Å². The maximum atomic E-state index is 5.95. The first kappa shape index (κ1) is 10.9. The number of anilines is 1. The van der Waals surface area contributed by atoms with E-state index in [1.54, 1.807) is 6.20 Å². The maximum Gasteiger partial charge on any atom is 0.148 e. The highest BCUT2D eigenvalue weighted by atomic mass is 35.5. The number of alkyl halides is 1. The molecule has 1 aliphatic heterocycles. The van der Waals surface area contributed by atoms with Crippen LogP contribution in [0.4, 0.5) is 5.82 Å². The summed E-state index contributed by atoms with van der Waals surface area (Å²) in [4.78, 5) is 7.89. The SMILES string of the molecule is ClCC1(Nc2ncncc2Cl)CCOC1. The van der Waals surface area contributed by atoms with E-state index < -0.39 is 0 Å². The van der Waals surface area contributed by atoms with Crippen LogP contribution in [0.2, 0.25) is 5.02 Å². The predicted octanol–water partition coefficient (Wildman–Crippen LogP) is 1.94. The van der Waals surface area contributed by atoms with Crippen LogP contribution in [0.5, 0.6) is 0 Å². The van der Waals surface area contributed by atoms with Crippen LogP contribution in [0.3, 0.4) is 0 Å². The summed E-state index contributed by atoms with van der Waals surface area (Å²) in [6, 6.07) is 0. The molecule has 0 bridgehead atoms. The molecule has 4 nitrogen and oxygen atoms in total. The topological polar surface area (TPSA) is 47.0 Å². The van der Waals surface area contributed by atoms with Crippen LogP contribution in [-0.4, -0.2) is 34.6 Å². The third-order valence-electron chi connectivity index (χ3n) is 2.41. The Labute approximate surface area is 98.0 Å². The van der Waals surface area contributed by atoms with Gasteiger partial charge >= 0.3 is 0 Å². The first-order chi connectivity index (χ1) is 7.26. The number of aromatic nitrogens is 2. The van der Waals surface area contributed by atoms with Crippen LogP contribution in [0.1, 0.15) is 6.42 Å². The zero-order valence-corrected chi connectivity index (χ0v) is 9.55. The second kappa shape index (κ2) is 4.51. The lowest BCUT2D eigenvalue weighted by Gasteiger charge is -2.26. The van der Waals surface area contributed by atoms with E-state index >= 15 is 0 Å². The Hall–Kier alpha value is -0.580. The first-order valence-electron chi connectivity index (χ1n) is 4.63. The Morgan fingerprint density at radius 2 is 2.47 bits per heavy atom. The molecule has 0 aromatic carbocycles. The van der Waals surface area contributed by atoms with E-state index in [-0.39, 0.29) is 5.54 Å². The summed E-state index contributed by atoms with van der Waals surface area (Å²) in [5.74, 6) is 1.07. The molecule has 0 aliphatic carbocycles. The predicted molar refractivity (Wildman–Crippen MR) is 59.6 cm³/mol. The van der Waals surface area contributed by atoms with Crippen molar-refractivity contribution in [3.8, 4) is 0 Å². The Balaban J connectivity index is 2.16. The molecule has 1 atom stereocenters. The molecule has 1 saturated heterocycles. The molecular formula is C9H11Cl2N3O. The van der Waals surface area contributed by atoms with Gasteiger partial charge in [0, 0.05) is 12.5 Å². The van der Waals surface area contributed by atoms with E-state index in [0.717, 1.165) is 6.42 Å². The van der Waals surface area contributed by atoms with Gasteiger partial charge in [0.2, 0.25) is 0 Å². The fourth-order valence-corrected chi connectivity index (χ4v) is 1.93. The normalized spacial score (nSPS) is 25.5. The zero-order valence-electron chi connectivity index (χ0n) is 8.04. The monoisotopic (exact) mass is 247 g/mol. The molecule has 1 unspecified atom stereocenters. The third-order valence-corrected chi connectivity index (χ3v) is 3.20. The lowest BCUT2D eigenvalue weighted by molar-refractivity contribution is 0.185. The average molecular weight is 248 g/mol. The van der Waals surface area contributed by atoms with Crippen molar-refractivity contribution in [1.29, 1.82) is 0 Å². The Bertz CT molecular complexity index is 342. The maximum absolute atomic E-state index is 5.95. The summed E-state index contributed by atoms with van der Waals surface area (Å²) < 4.78 is 5.33. The van der Waals surface area contributed by atoms with E-state index in [1.165, 1.54) is 6.33 Å². The van der Waals surface area contributed by atoms with Crippen molar-refractivity contribution in [2.24, 2.45) is 0 Å². The fourth-order valence-electron chi connectivity index (χ4n) is 1.50.